The Bertz CT molecular complexity index is 910. The van der Waals surface area contributed by atoms with Crippen molar-refractivity contribution in [1.29, 1.82) is 0 Å². The summed E-state index contributed by atoms with van der Waals surface area (Å²) in [6.45, 7) is 1.66. The van der Waals surface area contributed by atoms with Gasteiger partial charge in [-0.05, 0) is 61.4 Å². The highest BCUT2D eigenvalue weighted by Gasteiger charge is 2.22. The first-order valence-corrected chi connectivity index (χ1v) is 10.8. The van der Waals surface area contributed by atoms with Crippen molar-refractivity contribution in [2.45, 2.75) is 43.5 Å². The minimum absolute atomic E-state index is 0.132. The van der Waals surface area contributed by atoms with E-state index in [1.54, 1.807) is 24.1 Å². The molecule has 0 aromatic heterocycles. The summed E-state index contributed by atoms with van der Waals surface area (Å²) in [5.74, 6) is -0.270. The van der Waals surface area contributed by atoms with Crippen molar-refractivity contribution < 1.29 is 13.2 Å². The van der Waals surface area contributed by atoms with Crippen molar-refractivity contribution >= 4 is 15.9 Å². The van der Waals surface area contributed by atoms with Gasteiger partial charge in [-0.1, -0.05) is 36.4 Å². The molecule has 0 fully saturated rings. The number of amides is 1. The van der Waals surface area contributed by atoms with E-state index in [2.05, 4.69) is 4.72 Å². The van der Waals surface area contributed by atoms with E-state index in [0.29, 0.717) is 0 Å². The quantitative estimate of drug-likeness (QED) is 0.830. The molecule has 1 aliphatic rings. The van der Waals surface area contributed by atoms with Crippen LogP contribution in [-0.2, 0) is 27.7 Å². The summed E-state index contributed by atoms with van der Waals surface area (Å²) < 4.78 is 27.7. The van der Waals surface area contributed by atoms with Crippen LogP contribution in [0.2, 0.25) is 0 Å². The number of carbonyl (C=O) groups excluding carboxylic acids is 1. The molecule has 0 bridgehead atoms. The molecule has 0 aliphatic heterocycles. The number of carbonyl (C=O) groups is 1. The van der Waals surface area contributed by atoms with Crippen LogP contribution in [0.5, 0.6) is 0 Å². The second-order valence-electron chi connectivity index (χ2n) is 7.05. The number of fused-ring (bicyclic) bond motifs is 1. The molecule has 27 heavy (non-hydrogen) atoms. The van der Waals surface area contributed by atoms with E-state index in [9.17, 15) is 13.2 Å². The zero-order chi connectivity index (χ0) is 19.4. The number of hydrogen-bond acceptors (Lipinski definition) is 3. The number of nitrogens with one attached hydrogen (secondary N) is 1. The minimum atomic E-state index is -3.71. The molecular weight excluding hydrogens is 360 g/mol. The van der Waals surface area contributed by atoms with Gasteiger partial charge in [0.15, 0.2) is 0 Å². The molecule has 1 N–H and O–H groups in total. The van der Waals surface area contributed by atoms with Gasteiger partial charge in [0, 0.05) is 7.05 Å². The summed E-state index contributed by atoms with van der Waals surface area (Å²) in [5.41, 5.74) is 3.34. The molecule has 0 unspecified atom stereocenters. The van der Waals surface area contributed by atoms with E-state index < -0.39 is 10.0 Å². The Kier molecular flexibility index (Phi) is 5.97. The van der Waals surface area contributed by atoms with Gasteiger partial charge in [0.2, 0.25) is 15.9 Å². The highest BCUT2D eigenvalue weighted by Crippen LogP contribution is 2.24. The molecule has 6 heteroatoms. The molecule has 1 aliphatic carbocycles. The molecule has 5 nitrogen and oxygen atoms in total. The number of likely N-dealkylation sites (N-methyl/N-ethyl adjacent to an activating group) is 1. The van der Waals surface area contributed by atoms with E-state index in [1.807, 2.05) is 43.3 Å². The van der Waals surface area contributed by atoms with E-state index in [0.717, 1.165) is 36.8 Å². The molecule has 0 spiro atoms. The van der Waals surface area contributed by atoms with E-state index in [4.69, 9.17) is 0 Å². The SMILES string of the molecule is C[C@@H](c1ccccc1)N(C)C(=O)CNS(=O)(=O)c1ccc2c(c1)CCCC2. The third-order valence-corrected chi connectivity index (χ3v) is 6.70. The molecule has 1 atom stereocenters. The van der Waals surface area contributed by atoms with Crippen LogP contribution in [0.25, 0.3) is 0 Å². The first-order chi connectivity index (χ1) is 12.9. The summed E-state index contributed by atoms with van der Waals surface area (Å²) in [4.78, 5) is 14.3. The van der Waals surface area contributed by atoms with E-state index in [-0.39, 0.29) is 23.4 Å². The lowest BCUT2D eigenvalue weighted by Crippen LogP contribution is -2.39. The lowest BCUT2D eigenvalue weighted by Gasteiger charge is -2.25. The number of hydrogen-bond donors (Lipinski definition) is 1. The molecule has 0 saturated carbocycles. The largest absolute Gasteiger partial charge is 0.338 e. The van der Waals surface area contributed by atoms with Gasteiger partial charge in [0.05, 0.1) is 17.5 Å². The van der Waals surface area contributed by atoms with Crippen molar-refractivity contribution in [2.75, 3.05) is 13.6 Å². The monoisotopic (exact) mass is 386 g/mol. The molecule has 1 amide bonds. The third kappa shape index (κ3) is 4.57. The van der Waals surface area contributed by atoms with Gasteiger partial charge >= 0.3 is 0 Å². The Hall–Kier alpha value is -2.18. The van der Waals surface area contributed by atoms with Gasteiger partial charge in [-0.25, -0.2) is 13.1 Å². The molecule has 0 heterocycles. The summed E-state index contributed by atoms with van der Waals surface area (Å²) in [6.07, 6.45) is 4.15. The predicted octanol–water partition coefficient (Wildman–Crippen LogP) is 3.06. The number of rotatable bonds is 6. The maximum absolute atomic E-state index is 12.6. The molecule has 3 rings (SSSR count). The van der Waals surface area contributed by atoms with Crippen molar-refractivity contribution in [3.8, 4) is 0 Å². The van der Waals surface area contributed by atoms with Crippen LogP contribution < -0.4 is 4.72 Å². The first-order valence-electron chi connectivity index (χ1n) is 9.30. The Morgan fingerprint density at radius 2 is 1.74 bits per heavy atom. The van der Waals surface area contributed by atoms with Crippen LogP contribution in [0, 0.1) is 0 Å². The fourth-order valence-corrected chi connectivity index (χ4v) is 4.44. The average Bonchev–Trinajstić information content (AvgIpc) is 2.71. The highest BCUT2D eigenvalue weighted by atomic mass is 32.2. The average molecular weight is 387 g/mol. The fourth-order valence-electron chi connectivity index (χ4n) is 3.41. The predicted molar refractivity (Wildman–Crippen MR) is 106 cm³/mol. The van der Waals surface area contributed by atoms with Crippen molar-refractivity contribution in [3.63, 3.8) is 0 Å². The van der Waals surface area contributed by atoms with Crippen LogP contribution >= 0.6 is 0 Å². The van der Waals surface area contributed by atoms with Gasteiger partial charge in [0.1, 0.15) is 0 Å². The van der Waals surface area contributed by atoms with Crippen molar-refractivity contribution in [1.82, 2.24) is 9.62 Å². The van der Waals surface area contributed by atoms with Crippen molar-refractivity contribution in [2.24, 2.45) is 0 Å². The zero-order valence-electron chi connectivity index (χ0n) is 15.8. The highest BCUT2D eigenvalue weighted by molar-refractivity contribution is 7.89. The topological polar surface area (TPSA) is 66.5 Å². The second-order valence-corrected chi connectivity index (χ2v) is 8.82. The van der Waals surface area contributed by atoms with Crippen LogP contribution in [0.3, 0.4) is 0 Å². The number of sulfonamides is 1. The lowest BCUT2D eigenvalue weighted by atomic mass is 9.92. The van der Waals surface area contributed by atoms with Gasteiger partial charge < -0.3 is 4.90 Å². The zero-order valence-corrected chi connectivity index (χ0v) is 16.6. The lowest BCUT2D eigenvalue weighted by molar-refractivity contribution is -0.130. The molecule has 0 saturated heterocycles. The normalized spacial score (nSPS) is 15.0. The number of aryl methyl sites for hydroxylation is 2. The fraction of sp³-hybridized carbons (Fsp3) is 0.381. The summed E-state index contributed by atoms with van der Waals surface area (Å²) in [7, 11) is -2.02. The molecule has 0 radical (unpaired) electrons. The second kappa shape index (κ2) is 8.23. The molecule has 2 aromatic carbocycles. The van der Waals surface area contributed by atoms with Gasteiger partial charge in [-0.3, -0.25) is 4.79 Å². The number of benzene rings is 2. The van der Waals surface area contributed by atoms with Crippen LogP contribution in [0.1, 0.15) is 42.5 Å². The summed E-state index contributed by atoms with van der Waals surface area (Å²) >= 11 is 0. The Morgan fingerprint density at radius 1 is 1.07 bits per heavy atom. The summed E-state index contributed by atoms with van der Waals surface area (Å²) in [5, 5.41) is 0. The Morgan fingerprint density at radius 3 is 2.44 bits per heavy atom. The van der Waals surface area contributed by atoms with Gasteiger partial charge in [-0.15, -0.1) is 0 Å². The molecular formula is C21H26N2O3S. The van der Waals surface area contributed by atoms with Crippen LogP contribution in [-0.4, -0.2) is 32.8 Å². The van der Waals surface area contributed by atoms with Crippen molar-refractivity contribution in [3.05, 3.63) is 65.2 Å². The van der Waals surface area contributed by atoms with E-state index >= 15 is 0 Å². The van der Waals surface area contributed by atoms with Gasteiger partial charge in [-0.2, -0.15) is 0 Å². The molecule has 144 valence electrons. The maximum Gasteiger partial charge on any atom is 0.241 e. The third-order valence-electron chi connectivity index (χ3n) is 5.30. The molecule has 2 aromatic rings. The van der Waals surface area contributed by atoms with Crippen LogP contribution in [0.4, 0.5) is 0 Å². The smallest absolute Gasteiger partial charge is 0.241 e. The number of nitrogens with zero attached hydrogens (tertiary/aromatic N) is 1. The standard InChI is InChI=1S/C21H26N2O3S/c1-16(17-8-4-3-5-9-17)23(2)21(24)15-22-27(25,26)20-13-12-18-10-6-7-11-19(18)14-20/h3-5,8-9,12-14,16,22H,6-7,10-11,15H2,1-2H3/t16-/m0/s1. The minimum Gasteiger partial charge on any atom is -0.338 e. The first kappa shape index (κ1) is 19.6. The van der Waals surface area contributed by atoms with E-state index in [1.165, 1.54) is 5.56 Å². The summed E-state index contributed by atoms with van der Waals surface area (Å²) in [6, 6.07) is 14.8. The Balaban J connectivity index is 1.65. The maximum atomic E-state index is 12.6. The van der Waals surface area contributed by atoms with Gasteiger partial charge in [0.25, 0.3) is 0 Å². The Labute approximate surface area is 161 Å². The van der Waals surface area contributed by atoms with Crippen LogP contribution in [0.15, 0.2) is 53.4 Å².